The molecule has 0 atom stereocenters. The molecule has 25 heavy (non-hydrogen) atoms. The predicted octanol–water partition coefficient (Wildman–Crippen LogP) is 2.76. The summed E-state index contributed by atoms with van der Waals surface area (Å²) in [5, 5.41) is 9.10. The summed E-state index contributed by atoms with van der Waals surface area (Å²) in [5.41, 5.74) is 1.66. The van der Waals surface area contributed by atoms with Crippen molar-refractivity contribution in [1.29, 1.82) is 5.26 Å². The van der Waals surface area contributed by atoms with Crippen LogP contribution in [0.3, 0.4) is 0 Å². The van der Waals surface area contributed by atoms with Gasteiger partial charge in [-0.05, 0) is 41.5 Å². The lowest BCUT2D eigenvalue weighted by Gasteiger charge is -2.06. The van der Waals surface area contributed by atoms with Crippen molar-refractivity contribution in [3.63, 3.8) is 0 Å². The van der Waals surface area contributed by atoms with Crippen LogP contribution in [0.1, 0.15) is 11.1 Å². The molecule has 0 N–H and O–H groups in total. The maximum Gasteiger partial charge on any atom is 0.348 e. The third-order valence-corrected chi connectivity index (χ3v) is 3.21. The molecule has 0 saturated carbocycles. The van der Waals surface area contributed by atoms with Crippen molar-refractivity contribution in [2.45, 2.75) is 6.61 Å². The first kappa shape index (κ1) is 18.2. The van der Waals surface area contributed by atoms with Crippen LogP contribution < -0.4 is 4.74 Å². The van der Waals surface area contributed by atoms with E-state index in [-0.39, 0.29) is 18.8 Å². The Balaban J connectivity index is 1.95. The lowest BCUT2D eigenvalue weighted by molar-refractivity contribution is -0.139. The van der Waals surface area contributed by atoms with Gasteiger partial charge in [-0.15, -0.1) is 0 Å². The van der Waals surface area contributed by atoms with Crippen LogP contribution in [-0.2, 0) is 20.9 Å². The molecule has 1 aromatic carbocycles. The van der Waals surface area contributed by atoms with Crippen LogP contribution in [-0.4, -0.2) is 31.3 Å². The third-order valence-electron chi connectivity index (χ3n) is 3.21. The molecule has 0 unspecified atom stereocenters. The van der Waals surface area contributed by atoms with Gasteiger partial charge >= 0.3 is 5.97 Å². The summed E-state index contributed by atoms with van der Waals surface area (Å²) in [6, 6.07) is 12.7. The second-order valence-corrected chi connectivity index (χ2v) is 5.01. The molecular weight excluding hydrogens is 320 g/mol. The highest BCUT2D eigenvalue weighted by Gasteiger charge is 2.10. The van der Waals surface area contributed by atoms with Gasteiger partial charge in [-0.3, -0.25) is 4.98 Å². The number of nitriles is 1. The van der Waals surface area contributed by atoms with Crippen molar-refractivity contribution in [2.24, 2.45) is 0 Å². The lowest BCUT2D eigenvalue weighted by atomic mass is 10.1. The van der Waals surface area contributed by atoms with E-state index in [2.05, 4.69) is 4.98 Å². The van der Waals surface area contributed by atoms with Gasteiger partial charge in [-0.1, -0.05) is 12.1 Å². The first-order chi connectivity index (χ1) is 12.2. The fraction of sp³-hybridized carbons (Fsp3) is 0.211. The van der Waals surface area contributed by atoms with Crippen LogP contribution in [0.2, 0.25) is 0 Å². The van der Waals surface area contributed by atoms with Crippen LogP contribution in [0.25, 0.3) is 6.08 Å². The molecule has 0 aliphatic heterocycles. The highest BCUT2D eigenvalue weighted by atomic mass is 16.6. The van der Waals surface area contributed by atoms with Crippen molar-refractivity contribution in [3.05, 3.63) is 65.5 Å². The maximum absolute atomic E-state index is 11.8. The molecule has 0 saturated heterocycles. The van der Waals surface area contributed by atoms with Gasteiger partial charge in [0.25, 0.3) is 0 Å². The van der Waals surface area contributed by atoms with Crippen LogP contribution in [0, 0.1) is 11.3 Å². The normalized spacial score (nSPS) is 10.8. The molecule has 0 bridgehead atoms. The number of carbonyl (C=O) groups is 1. The number of nitrogens with zero attached hydrogens (tertiary/aromatic N) is 2. The van der Waals surface area contributed by atoms with Gasteiger partial charge in [-0.25, -0.2) is 4.79 Å². The Morgan fingerprint density at radius 3 is 2.52 bits per heavy atom. The standard InChI is InChI=1S/C19H18N2O4/c1-23-10-11-24-19(22)17(13-20)12-15-2-4-18(5-3-15)25-14-16-6-8-21-9-7-16/h2-9,12H,10-11,14H2,1H3/b17-12+. The molecule has 1 heterocycles. The summed E-state index contributed by atoms with van der Waals surface area (Å²) in [6.07, 6.45) is 4.89. The van der Waals surface area contributed by atoms with Gasteiger partial charge in [0.2, 0.25) is 0 Å². The fourth-order valence-electron chi connectivity index (χ4n) is 1.90. The van der Waals surface area contributed by atoms with E-state index >= 15 is 0 Å². The topological polar surface area (TPSA) is 81.4 Å². The summed E-state index contributed by atoms with van der Waals surface area (Å²) < 4.78 is 15.4. The van der Waals surface area contributed by atoms with E-state index in [0.29, 0.717) is 17.9 Å². The number of esters is 1. The number of methoxy groups -OCH3 is 1. The molecule has 2 rings (SSSR count). The first-order valence-corrected chi connectivity index (χ1v) is 7.62. The van der Waals surface area contributed by atoms with Gasteiger partial charge in [0.15, 0.2) is 0 Å². The third kappa shape index (κ3) is 6.09. The molecule has 0 radical (unpaired) electrons. The number of pyridine rings is 1. The molecule has 2 aromatic rings. The van der Waals surface area contributed by atoms with Crippen molar-refractivity contribution in [3.8, 4) is 11.8 Å². The fourth-order valence-corrected chi connectivity index (χ4v) is 1.90. The number of carbonyl (C=O) groups excluding carboxylic acids is 1. The Morgan fingerprint density at radius 1 is 1.16 bits per heavy atom. The smallest absolute Gasteiger partial charge is 0.348 e. The lowest BCUT2D eigenvalue weighted by Crippen LogP contribution is -2.11. The van der Waals surface area contributed by atoms with E-state index in [1.807, 2.05) is 18.2 Å². The minimum absolute atomic E-state index is 0.0680. The van der Waals surface area contributed by atoms with Crippen molar-refractivity contribution >= 4 is 12.0 Å². The van der Waals surface area contributed by atoms with E-state index in [0.717, 1.165) is 5.56 Å². The summed E-state index contributed by atoms with van der Waals surface area (Å²) in [7, 11) is 1.51. The van der Waals surface area contributed by atoms with Crippen LogP contribution in [0.5, 0.6) is 5.75 Å². The predicted molar refractivity (Wildman–Crippen MR) is 91.4 cm³/mol. The zero-order chi connectivity index (χ0) is 17.9. The highest BCUT2D eigenvalue weighted by Crippen LogP contribution is 2.16. The number of rotatable bonds is 8. The molecule has 6 nitrogen and oxygen atoms in total. The second kappa shape index (κ2) is 9.85. The van der Waals surface area contributed by atoms with Crippen LogP contribution in [0.4, 0.5) is 0 Å². The summed E-state index contributed by atoms with van der Waals surface area (Å²) >= 11 is 0. The van der Waals surface area contributed by atoms with Crippen molar-refractivity contribution < 1.29 is 19.0 Å². The quantitative estimate of drug-likeness (QED) is 0.319. The number of aromatic nitrogens is 1. The Kier molecular flexibility index (Phi) is 7.16. The number of ether oxygens (including phenoxy) is 3. The van der Waals surface area contributed by atoms with Gasteiger partial charge in [0.05, 0.1) is 6.61 Å². The summed E-state index contributed by atoms with van der Waals surface area (Å²) in [5.74, 6) is 0.0210. The molecule has 6 heteroatoms. The SMILES string of the molecule is COCCOC(=O)/C(C#N)=C/c1ccc(OCc2ccncc2)cc1. The van der Waals surface area contributed by atoms with E-state index in [1.54, 1.807) is 36.7 Å². The van der Waals surface area contributed by atoms with E-state index in [9.17, 15) is 4.79 Å². The number of benzene rings is 1. The average Bonchev–Trinajstić information content (AvgIpc) is 2.66. The largest absolute Gasteiger partial charge is 0.489 e. The molecule has 128 valence electrons. The zero-order valence-corrected chi connectivity index (χ0v) is 13.8. The Labute approximate surface area is 146 Å². The number of hydrogen-bond donors (Lipinski definition) is 0. The minimum Gasteiger partial charge on any atom is -0.489 e. The Hall–Kier alpha value is -3.17. The van der Waals surface area contributed by atoms with Crippen molar-refractivity contribution in [1.82, 2.24) is 4.98 Å². The molecule has 0 amide bonds. The molecule has 0 aliphatic rings. The number of hydrogen-bond acceptors (Lipinski definition) is 6. The van der Waals surface area contributed by atoms with E-state index in [1.165, 1.54) is 13.2 Å². The average molecular weight is 338 g/mol. The van der Waals surface area contributed by atoms with E-state index < -0.39 is 5.97 Å². The molecular formula is C19H18N2O4. The Morgan fingerprint density at radius 2 is 1.88 bits per heavy atom. The Bertz CT molecular complexity index is 749. The molecule has 1 aromatic heterocycles. The summed E-state index contributed by atoms with van der Waals surface area (Å²) in [6.45, 7) is 0.830. The van der Waals surface area contributed by atoms with Gasteiger partial charge in [0, 0.05) is 19.5 Å². The minimum atomic E-state index is -0.669. The zero-order valence-electron chi connectivity index (χ0n) is 13.8. The van der Waals surface area contributed by atoms with Crippen molar-refractivity contribution in [2.75, 3.05) is 20.3 Å². The molecule has 0 aliphatic carbocycles. The second-order valence-electron chi connectivity index (χ2n) is 5.01. The van der Waals surface area contributed by atoms with Crippen LogP contribution >= 0.6 is 0 Å². The monoisotopic (exact) mass is 338 g/mol. The molecule has 0 fully saturated rings. The van der Waals surface area contributed by atoms with Gasteiger partial charge < -0.3 is 14.2 Å². The van der Waals surface area contributed by atoms with Gasteiger partial charge in [-0.2, -0.15) is 5.26 Å². The maximum atomic E-state index is 11.8. The van der Waals surface area contributed by atoms with E-state index in [4.69, 9.17) is 19.5 Å². The molecule has 0 spiro atoms. The highest BCUT2D eigenvalue weighted by molar-refractivity contribution is 5.97. The first-order valence-electron chi connectivity index (χ1n) is 7.62. The van der Waals surface area contributed by atoms with Gasteiger partial charge in [0.1, 0.15) is 30.6 Å². The van der Waals surface area contributed by atoms with Crippen LogP contribution in [0.15, 0.2) is 54.4 Å². The summed E-state index contributed by atoms with van der Waals surface area (Å²) in [4.78, 5) is 15.7.